The Balaban J connectivity index is 2.72. The van der Waals surface area contributed by atoms with Crippen molar-refractivity contribution >= 4 is 17.3 Å². The average Bonchev–Trinajstić information content (AvgIpc) is 2.48. The number of halogens is 1. The molecule has 5 heteroatoms. The molecular formula is C16H27ClN2O2. The van der Waals surface area contributed by atoms with E-state index in [9.17, 15) is 0 Å². The summed E-state index contributed by atoms with van der Waals surface area (Å²) in [7, 11) is 1.92. The summed E-state index contributed by atoms with van der Waals surface area (Å²) in [5.74, 6) is 0. The van der Waals surface area contributed by atoms with E-state index in [1.54, 1.807) is 0 Å². The number of rotatable bonds is 11. The van der Waals surface area contributed by atoms with Gasteiger partial charge in [-0.25, -0.2) is 0 Å². The van der Waals surface area contributed by atoms with Crippen LogP contribution in [0, 0.1) is 0 Å². The Hall–Kier alpha value is -0.810. The molecule has 0 saturated heterocycles. The normalized spacial score (nSPS) is 10.9. The van der Waals surface area contributed by atoms with Crippen LogP contribution in [-0.2, 0) is 16.0 Å². The third kappa shape index (κ3) is 6.66. The van der Waals surface area contributed by atoms with Crippen molar-refractivity contribution in [3.8, 4) is 0 Å². The third-order valence-corrected chi connectivity index (χ3v) is 3.54. The van der Waals surface area contributed by atoms with E-state index in [0.717, 1.165) is 49.1 Å². The summed E-state index contributed by atoms with van der Waals surface area (Å²) < 4.78 is 10.9. The molecule has 1 N–H and O–H groups in total. The van der Waals surface area contributed by atoms with E-state index in [-0.39, 0.29) is 0 Å². The molecule has 120 valence electrons. The van der Waals surface area contributed by atoms with E-state index in [2.05, 4.69) is 22.3 Å². The van der Waals surface area contributed by atoms with E-state index in [1.807, 2.05) is 27.0 Å². The van der Waals surface area contributed by atoms with Crippen LogP contribution in [0.4, 0.5) is 5.69 Å². The Kier molecular flexibility index (Phi) is 9.42. The van der Waals surface area contributed by atoms with Crippen molar-refractivity contribution in [2.24, 2.45) is 0 Å². The lowest BCUT2D eigenvalue weighted by Crippen LogP contribution is -2.31. The zero-order valence-corrected chi connectivity index (χ0v) is 14.1. The number of nitrogens with zero attached hydrogens (tertiary/aromatic N) is 1. The van der Waals surface area contributed by atoms with Gasteiger partial charge >= 0.3 is 0 Å². The molecule has 4 nitrogen and oxygen atoms in total. The van der Waals surface area contributed by atoms with Gasteiger partial charge in [-0.2, -0.15) is 0 Å². The lowest BCUT2D eigenvalue weighted by molar-refractivity contribution is 0.141. The molecule has 0 spiro atoms. The second-order valence-corrected chi connectivity index (χ2v) is 5.09. The molecule has 21 heavy (non-hydrogen) atoms. The van der Waals surface area contributed by atoms with Crippen molar-refractivity contribution in [3.05, 3.63) is 28.8 Å². The van der Waals surface area contributed by atoms with Crippen LogP contribution < -0.4 is 10.2 Å². The highest BCUT2D eigenvalue weighted by Gasteiger charge is 2.09. The predicted octanol–water partition coefficient (Wildman–Crippen LogP) is 2.94. The summed E-state index contributed by atoms with van der Waals surface area (Å²) in [5.41, 5.74) is 2.22. The Morgan fingerprint density at radius 3 is 2.19 bits per heavy atom. The standard InChI is InChI=1S/C16H27ClN2O2/c1-4-20-10-8-19(9-11-21-5-2)15-7-6-14(13-18-3)16(17)12-15/h6-7,12,18H,4-5,8-11,13H2,1-3H3. The second kappa shape index (κ2) is 10.9. The molecule has 0 unspecified atom stereocenters. The number of hydrogen-bond donors (Lipinski definition) is 1. The molecule has 1 aromatic rings. The molecule has 0 radical (unpaired) electrons. The van der Waals surface area contributed by atoms with Gasteiger partial charge in [0.25, 0.3) is 0 Å². The maximum absolute atomic E-state index is 6.35. The molecule has 0 heterocycles. The fraction of sp³-hybridized carbons (Fsp3) is 0.625. The fourth-order valence-corrected chi connectivity index (χ4v) is 2.32. The molecule has 0 aliphatic carbocycles. The van der Waals surface area contributed by atoms with Crippen LogP contribution in [0.5, 0.6) is 0 Å². The Bertz CT molecular complexity index is 392. The van der Waals surface area contributed by atoms with Crippen LogP contribution in [0.25, 0.3) is 0 Å². The number of hydrogen-bond acceptors (Lipinski definition) is 4. The van der Waals surface area contributed by atoms with Gasteiger partial charge in [-0.3, -0.25) is 0 Å². The first-order valence-electron chi connectivity index (χ1n) is 7.56. The molecule has 0 amide bonds. The van der Waals surface area contributed by atoms with E-state index in [1.165, 1.54) is 0 Å². The van der Waals surface area contributed by atoms with Crippen molar-refractivity contribution in [3.63, 3.8) is 0 Å². The SMILES string of the molecule is CCOCCN(CCOCC)c1ccc(CNC)c(Cl)c1. The smallest absolute Gasteiger partial charge is 0.0641 e. The van der Waals surface area contributed by atoms with Gasteiger partial charge in [0.05, 0.1) is 13.2 Å². The number of nitrogens with one attached hydrogen (secondary N) is 1. The Morgan fingerprint density at radius 1 is 1.10 bits per heavy atom. The maximum atomic E-state index is 6.35. The molecule has 1 rings (SSSR count). The van der Waals surface area contributed by atoms with Gasteiger partial charge in [0.2, 0.25) is 0 Å². The van der Waals surface area contributed by atoms with Gasteiger partial charge in [0, 0.05) is 43.6 Å². The highest BCUT2D eigenvalue weighted by atomic mass is 35.5. The first-order chi connectivity index (χ1) is 10.2. The van der Waals surface area contributed by atoms with Gasteiger partial charge in [0.1, 0.15) is 0 Å². The minimum atomic E-state index is 0.707. The Morgan fingerprint density at radius 2 is 1.71 bits per heavy atom. The molecule has 0 fully saturated rings. The van der Waals surface area contributed by atoms with Gasteiger partial charge in [-0.15, -0.1) is 0 Å². The molecule has 0 aliphatic rings. The van der Waals surface area contributed by atoms with Crippen molar-refractivity contribution < 1.29 is 9.47 Å². The molecule has 0 saturated carbocycles. The number of ether oxygens (including phenoxy) is 2. The number of benzene rings is 1. The minimum absolute atomic E-state index is 0.707. The summed E-state index contributed by atoms with van der Waals surface area (Å²) in [4.78, 5) is 2.25. The van der Waals surface area contributed by atoms with E-state index >= 15 is 0 Å². The topological polar surface area (TPSA) is 33.7 Å². The number of anilines is 1. The largest absolute Gasteiger partial charge is 0.380 e. The van der Waals surface area contributed by atoms with E-state index in [0.29, 0.717) is 13.2 Å². The van der Waals surface area contributed by atoms with Crippen LogP contribution in [0.2, 0.25) is 5.02 Å². The average molecular weight is 315 g/mol. The first kappa shape index (κ1) is 18.2. The van der Waals surface area contributed by atoms with Crippen LogP contribution >= 0.6 is 11.6 Å². The highest BCUT2D eigenvalue weighted by Crippen LogP contribution is 2.23. The van der Waals surface area contributed by atoms with E-state index in [4.69, 9.17) is 21.1 Å². The highest BCUT2D eigenvalue weighted by molar-refractivity contribution is 6.31. The van der Waals surface area contributed by atoms with Gasteiger partial charge in [-0.05, 0) is 38.6 Å². The maximum Gasteiger partial charge on any atom is 0.0641 e. The molecule has 0 atom stereocenters. The minimum Gasteiger partial charge on any atom is -0.380 e. The molecule has 0 aromatic heterocycles. The predicted molar refractivity (Wildman–Crippen MR) is 89.4 cm³/mol. The van der Waals surface area contributed by atoms with Crippen molar-refractivity contribution in [1.29, 1.82) is 0 Å². The van der Waals surface area contributed by atoms with Crippen LogP contribution in [0.1, 0.15) is 19.4 Å². The quantitative estimate of drug-likeness (QED) is 0.637. The summed E-state index contributed by atoms with van der Waals surface area (Å²) >= 11 is 6.35. The van der Waals surface area contributed by atoms with Crippen molar-refractivity contribution in [1.82, 2.24) is 5.32 Å². The fourth-order valence-electron chi connectivity index (χ4n) is 2.07. The zero-order valence-electron chi connectivity index (χ0n) is 13.3. The van der Waals surface area contributed by atoms with E-state index < -0.39 is 0 Å². The summed E-state index contributed by atoms with van der Waals surface area (Å²) in [6.45, 7) is 9.35. The second-order valence-electron chi connectivity index (χ2n) is 4.69. The molecule has 0 bridgehead atoms. The molecular weight excluding hydrogens is 288 g/mol. The molecule has 0 aliphatic heterocycles. The lowest BCUT2D eigenvalue weighted by Gasteiger charge is -2.25. The summed E-state index contributed by atoms with van der Waals surface area (Å²) in [5, 5.41) is 3.91. The van der Waals surface area contributed by atoms with Gasteiger partial charge in [0.15, 0.2) is 0 Å². The van der Waals surface area contributed by atoms with Crippen molar-refractivity contribution in [2.75, 3.05) is 51.5 Å². The van der Waals surface area contributed by atoms with Crippen LogP contribution in [-0.4, -0.2) is 46.6 Å². The van der Waals surface area contributed by atoms with Crippen LogP contribution in [0.3, 0.4) is 0 Å². The monoisotopic (exact) mass is 314 g/mol. The van der Waals surface area contributed by atoms with Gasteiger partial charge < -0.3 is 19.7 Å². The third-order valence-electron chi connectivity index (χ3n) is 3.19. The zero-order chi connectivity index (χ0) is 15.5. The Labute approximate surface area is 133 Å². The van der Waals surface area contributed by atoms with Crippen LogP contribution in [0.15, 0.2) is 18.2 Å². The van der Waals surface area contributed by atoms with Crippen molar-refractivity contribution in [2.45, 2.75) is 20.4 Å². The lowest BCUT2D eigenvalue weighted by atomic mass is 10.2. The first-order valence-corrected chi connectivity index (χ1v) is 7.94. The summed E-state index contributed by atoms with van der Waals surface area (Å²) in [6.07, 6.45) is 0. The summed E-state index contributed by atoms with van der Waals surface area (Å²) in [6, 6.07) is 6.20. The molecule has 1 aromatic carbocycles. The van der Waals surface area contributed by atoms with Gasteiger partial charge in [-0.1, -0.05) is 17.7 Å².